The Morgan fingerprint density at radius 3 is 2.64 bits per heavy atom. The van der Waals surface area contributed by atoms with Crippen LogP contribution >= 0.6 is 23.2 Å². The van der Waals surface area contributed by atoms with E-state index < -0.39 is 4.84 Å². The minimum atomic E-state index is -0.993. The number of carbonyl (C=O) groups excluding carboxylic acids is 1. The number of Topliss-reactive ketones (excluding diaryl/α,β-unsaturated/α-hetero) is 1. The summed E-state index contributed by atoms with van der Waals surface area (Å²) in [5.74, 6) is 0.232. The molecule has 0 saturated heterocycles. The highest BCUT2D eigenvalue weighted by Gasteiger charge is 2.15. The number of anilines is 1. The molecule has 0 radical (unpaired) electrons. The first kappa shape index (κ1) is 13.5. The van der Waals surface area contributed by atoms with Crippen molar-refractivity contribution in [2.24, 2.45) is 0 Å². The summed E-state index contributed by atoms with van der Waals surface area (Å²) in [6.07, 6.45) is 1.70. The molecule has 3 nitrogen and oxygen atoms in total. The molecule has 14 heavy (non-hydrogen) atoms. The quantitative estimate of drug-likeness (QED) is 0.498. The first-order valence-electron chi connectivity index (χ1n) is 3.66. The van der Waals surface area contributed by atoms with Gasteiger partial charge in [-0.2, -0.15) is 0 Å². The molecule has 0 aromatic carbocycles. The van der Waals surface area contributed by atoms with Gasteiger partial charge in [0, 0.05) is 6.07 Å². The molecular weight excluding hydrogens is 246 g/mol. The number of nitrogen functional groups attached to an aromatic ring is 1. The van der Waals surface area contributed by atoms with E-state index in [9.17, 15) is 4.79 Å². The maximum atomic E-state index is 11.1. The van der Waals surface area contributed by atoms with Gasteiger partial charge in [-0.25, -0.2) is 4.57 Å². The molecule has 0 saturated carbocycles. The van der Waals surface area contributed by atoms with E-state index in [1.807, 2.05) is 0 Å². The predicted molar refractivity (Wildman–Crippen MR) is 51.6 cm³/mol. The molecule has 0 aliphatic heterocycles. The second-order valence-corrected chi connectivity index (χ2v) is 3.62. The fourth-order valence-electron chi connectivity index (χ4n) is 0.870. The summed E-state index contributed by atoms with van der Waals surface area (Å²) >= 11 is 10.8. The molecule has 0 unspecified atom stereocenters. The average molecular weight is 256 g/mol. The largest absolute Gasteiger partial charge is 1.00 e. The zero-order valence-corrected chi connectivity index (χ0v) is 9.43. The lowest BCUT2D eigenvalue weighted by atomic mass is 10.4. The van der Waals surface area contributed by atoms with Crippen molar-refractivity contribution in [1.82, 2.24) is 0 Å². The number of hydrogen-bond donors (Lipinski definition) is 1. The highest BCUT2D eigenvalue weighted by molar-refractivity contribution is 6.53. The minimum absolute atomic E-state index is 0. The van der Waals surface area contributed by atoms with Crippen molar-refractivity contribution in [1.29, 1.82) is 0 Å². The molecule has 0 atom stereocenters. The number of nitrogens with two attached hydrogens (primary N) is 1. The summed E-state index contributed by atoms with van der Waals surface area (Å²) in [6, 6.07) is 5.26. The molecule has 0 fully saturated rings. The lowest BCUT2D eigenvalue weighted by molar-refractivity contribution is -0.669. The Kier molecular flexibility index (Phi) is 5.84. The summed E-state index contributed by atoms with van der Waals surface area (Å²) in [6.45, 7) is 0.102. The molecule has 1 heterocycles. The lowest BCUT2D eigenvalue weighted by Crippen LogP contribution is -3.00. The van der Waals surface area contributed by atoms with Crippen LogP contribution in [0.3, 0.4) is 0 Å². The van der Waals surface area contributed by atoms with Crippen molar-refractivity contribution in [2.45, 2.75) is 11.4 Å². The number of hydrogen-bond acceptors (Lipinski definition) is 2. The van der Waals surface area contributed by atoms with Crippen molar-refractivity contribution < 1.29 is 21.8 Å². The topological polar surface area (TPSA) is 47.0 Å². The summed E-state index contributed by atoms with van der Waals surface area (Å²) in [7, 11) is 0. The van der Waals surface area contributed by atoms with Crippen molar-refractivity contribution >= 4 is 34.8 Å². The molecule has 0 bridgehead atoms. The summed E-state index contributed by atoms with van der Waals surface area (Å²) in [5, 5.41) is 0. The Balaban J connectivity index is 0.00000169. The number of nitrogens with zero attached hydrogens (tertiary/aromatic N) is 1. The first-order chi connectivity index (χ1) is 6.11. The van der Waals surface area contributed by atoms with Gasteiger partial charge in [-0.1, -0.05) is 29.3 Å². The zero-order valence-electron chi connectivity index (χ0n) is 7.16. The van der Waals surface area contributed by atoms with Gasteiger partial charge >= 0.3 is 0 Å². The number of pyridine rings is 1. The van der Waals surface area contributed by atoms with E-state index in [0.717, 1.165) is 0 Å². The smallest absolute Gasteiger partial charge is 0.272 e. The van der Waals surface area contributed by atoms with E-state index in [-0.39, 0.29) is 24.7 Å². The van der Waals surface area contributed by atoms with E-state index >= 15 is 0 Å². The van der Waals surface area contributed by atoms with Crippen molar-refractivity contribution in [3.63, 3.8) is 0 Å². The molecular formula is C8H9Cl3N2O. The molecule has 0 amide bonds. The van der Waals surface area contributed by atoms with E-state index in [2.05, 4.69) is 0 Å². The Morgan fingerprint density at radius 1 is 1.50 bits per heavy atom. The molecule has 6 heteroatoms. The van der Waals surface area contributed by atoms with Gasteiger partial charge in [0.05, 0.1) is 6.20 Å². The molecule has 1 aromatic heterocycles. The number of carbonyl (C=O) groups is 1. The lowest BCUT2D eigenvalue weighted by Gasteiger charge is -2.01. The van der Waals surface area contributed by atoms with Crippen LogP contribution in [-0.4, -0.2) is 10.6 Å². The second-order valence-electron chi connectivity index (χ2n) is 2.52. The summed E-state index contributed by atoms with van der Waals surface area (Å²) < 4.78 is 1.58. The summed E-state index contributed by atoms with van der Waals surface area (Å²) in [4.78, 5) is 10.1. The van der Waals surface area contributed by atoms with Crippen LogP contribution in [0.2, 0.25) is 0 Å². The first-order valence-corrected chi connectivity index (χ1v) is 4.53. The van der Waals surface area contributed by atoms with E-state index in [1.165, 1.54) is 0 Å². The summed E-state index contributed by atoms with van der Waals surface area (Å²) in [5.41, 5.74) is 5.59. The number of ketones is 1. The molecule has 0 aliphatic rings. The molecule has 1 aromatic rings. The minimum Gasteiger partial charge on any atom is -1.00 e. The van der Waals surface area contributed by atoms with Crippen LogP contribution in [0.1, 0.15) is 0 Å². The second kappa shape index (κ2) is 6.06. The van der Waals surface area contributed by atoms with Gasteiger partial charge in [0.25, 0.3) is 5.82 Å². The fourth-order valence-corrected chi connectivity index (χ4v) is 1.01. The van der Waals surface area contributed by atoms with E-state index in [4.69, 9.17) is 28.9 Å². The van der Waals surface area contributed by atoms with Crippen LogP contribution in [0.15, 0.2) is 24.4 Å². The third-order valence-corrected chi connectivity index (χ3v) is 2.03. The van der Waals surface area contributed by atoms with Crippen LogP contribution in [0, 0.1) is 0 Å². The Morgan fingerprint density at radius 2 is 2.14 bits per heavy atom. The normalized spacial score (nSPS) is 9.64. The highest BCUT2D eigenvalue weighted by Crippen LogP contribution is 2.03. The van der Waals surface area contributed by atoms with Crippen molar-refractivity contribution in [3.05, 3.63) is 24.4 Å². The van der Waals surface area contributed by atoms with Gasteiger partial charge in [-0.15, -0.1) is 0 Å². The third-order valence-electron chi connectivity index (χ3n) is 1.55. The van der Waals surface area contributed by atoms with Crippen LogP contribution in [0.5, 0.6) is 0 Å². The Bertz CT molecular complexity index is 317. The molecule has 78 valence electrons. The number of aromatic nitrogens is 1. The van der Waals surface area contributed by atoms with Crippen molar-refractivity contribution in [2.75, 3.05) is 5.73 Å². The standard InChI is InChI=1S/C8H8Cl2N2O.ClH/c9-8(10)6(13)5-12-4-2-1-3-7(12)11;/h1-4,8,11H,5H2;1H. The maximum absolute atomic E-state index is 11.1. The molecule has 2 N–H and O–H groups in total. The monoisotopic (exact) mass is 254 g/mol. The van der Waals surface area contributed by atoms with Crippen LogP contribution in [-0.2, 0) is 11.3 Å². The fraction of sp³-hybridized carbons (Fsp3) is 0.250. The van der Waals surface area contributed by atoms with Gasteiger partial charge in [-0.05, 0) is 6.07 Å². The van der Waals surface area contributed by atoms with Gasteiger partial charge in [0.1, 0.15) is 0 Å². The van der Waals surface area contributed by atoms with Gasteiger partial charge in [0.15, 0.2) is 11.4 Å². The van der Waals surface area contributed by atoms with Crippen LogP contribution in [0.25, 0.3) is 0 Å². The molecule has 1 rings (SSSR count). The maximum Gasteiger partial charge on any atom is 0.272 e. The third kappa shape index (κ3) is 3.70. The zero-order chi connectivity index (χ0) is 9.84. The van der Waals surface area contributed by atoms with Gasteiger partial charge in [-0.3, -0.25) is 10.5 Å². The van der Waals surface area contributed by atoms with Crippen LogP contribution in [0.4, 0.5) is 5.82 Å². The van der Waals surface area contributed by atoms with Gasteiger partial charge in [0.2, 0.25) is 5.78 Å². The predicted octanol–water partition coefficient (Wildman–Crippen LogP) is -2.07. The number of halogens is 3. The molecule has 0 spiro atoms. The Hall–Kier alpha value is -0.510. The van der Waals surface area contributed by atoms with Crippen LogP contribution < -0.4 is 22.7 Å². The van der Waals surface area contributed by atoms with E-state index in [0.29, 0.717) is 5.82 Å². The average Bonchev–Trinajstić information content (AvgIpc) is 2.08. The van der Waals surface area contributed by atoms with Gasteiger partial charge < -0.3 is 12.4 Å². The highest BCUT2D eigenvalue weighted by atomic mass is 35.5. The van der Waals surface area contributed by atoms with Crippen molar-refractivity contribution in [3.8, 4) is 0 Å². The molecule has 0 aliphatic carbocycles. The SMILES string of the molecule is Nc1cccc[n+]1CC(=O)C(Cl)Cl.[Cl-]. The Labute approximate surface area is 98.2 Å². The number of alkyl halides is 2. The number of rotatable bonds is 3. The van der Waals surface area contributed by atoms with E-state index in [1.54, 1.807) is 29.0 Å².